The van der Waals surface area contributed by atoms with E-state index in [0.29, 0.717) is 5.82 Å². The van der Waals surface area contributed by atoms with Crippen LogP contribution in [0.25, 0.3) is 5.82 Å². The monoisotopic (exact) mass is 361 g/mol. The molecule has 0 aliphatic carbocycles. The smallest absolute Gasteiger partial charge is 0.319 e. The predicted octanol–water partition coefficient (Wildman–Crippen LogP) is 0.924. The van der Waals surface area contributed by atoms with Crippen molar-refractivity contribution in [3.8, 4) is 5.82 Å². The quantitative estimate of drug-likeness (QED) is 0.703. The van der Waals surface area contributed by atoms with Crippen molar-refractivity contribution >= 4 is 11.7 Å². The molecule has 0 atom stereocenters. The van der Waals surface area contributed by atoms with E-state index in [9.17, 15) is 18.4 Å². The molecule has 9 nitrogen and oxygen atoms in total. The molecule has 2 N–H and O–H groups in total. The van der Waals surface area contributed by atoms with Crippen LogP contribution in [0.1, 0.15) is 0 Å². The van der Waals surface area contributed by atoms with Crippen LogP contribution in [0.2, 0.25) is 0 Å². The van der Waals surface area contributed by atoms with Crippen LogP contribution < -0.4 is 16.2 Å². The molecule has 0 unspecified atom stereocenters. The molecule has 0 saturated heterocycles. The first-order chi connectivity index (χ1) is 12.5. The third kappa shape index (κ3) is 4.06. The average Bonchev–Trinajstić information content (AvgIpc) is 3.14. The molecule has 3 rings (SSSR count). The van der Waals surface area contributed by atoms with Crippen molar-refractivity contribution in [2.24, 2.45) is 0 Å². The molecule has 134 valence electrons. The van der Waals surface area contributed by atoms with Crippen LogP contribution in [0.15, 0.2) is 47.8 Å². The fraction of sp³-hybridized carbons (Fsp3) is 0.133. The Hall–Kier alpha value is -3.63. The van der Waals surface area contributed by atoms with Gasteiger partial charge in [0.05, 0.1) is 6.54 Å². The van der Waals surface area contributed by atoms with Gasteiger partial charge in [-0.1, -0.05) is 0 Å². The number of hydrogen-bond donors (Lipinski definition) is 2. The number of anilines is 1. The Morgan fingerprint density at radius 2 is 2.00 bits per heavy atom. The predicted molar refractivity (Wildman–Crippen MR) is 86.8 cm³/mol. The molecule has 1 aromatic carbocycles. The standard InChI is InChI=1S/C15H13F2N7O2/c16-11-2-1-10(7-12(11)17)21-15(26)19-5-6-23-14(25)4-3-13(22-23)24-9-18-8-20-24/h1-4,7-9H,5-6H2,(H2,19,21,26). The van der Waals surface area contributed by atoms with Crippen LogP contribution in [0, 0.1) is 11.6 Å². The molecular formula is C15H13F2N7O2. The van der Waals surface area contributed by atoms with E-state index in [1.165, 1.54) is 35.5 Å². The Labute approximate surface area is 145 Å². The van der Waals surface area contributed by atoms with Crippen molar-refractivity contribution in [1.82, 2.24) is 29.9 Å². The van der Waals surface area contributed by atoms with Crippen molar-refractivity contribution in [2.45, 2.75) is 6.54 Å². The summed E-state index contributed by atoms with van der Waals surface area (Å²) < 4.78 is 28.5. The lowest BCUT2D eigenvalue weighted by molar-refractivity contribution is 0.251. The molecule has 0 fully saturated rings. The molecular weight excluding hydrogens is 348 g/mol. The van der Waals surface area contributed by atoms with Gasteiger partial charge in [0.25, 0.3) is 5.56 Å². The Bertz CT molecular complexity index is 972. The molecule has 0 aliphatic heterocycles. The molecule has 2 amide bonds. The second-order valence-corrected chi connectivity index (χ2v) is 5.10. The van der Waals surface area contributed by atoms with Gasteiger partial charge in [0, 0.05) is 24.4 Å². The fourth-order valence-electron chi connectivity index (χ4n) is 2.07. The SMILES string of the molecule is O=C(NCCn1nc(-n2cncn2)ccc1=O)Nc1ccc(F)c(F)c1. The highest BCUT2D eigenvalue weighted by atomic mass is 19.2. The number of carbonyl (C=O) groups excluding carboxylic acids is 1. The third-order valence-electron chi connectivity index (χ3n) is 3.29. The Morgan fingerprint density at radius 1 is 1.15 bits per heavy atom. The highest BCUT2D eigenvalue weighted by Gasteiger charge is 2.07. The minimum atomic E-state index is -1.07. The van der Waals surface area contributed by atoms with Gasteiger partial charge in [-0.3, -0.25) is 4.79 Å². The van der Waals surface area contributed by atoms with Crippen LogP contribution >= 0.6 is 0 Å². The van der Waals surface area contributed by atoms with Crippen LogP contribution in [0.4, 0.5) is 19.3 Å². The first-order valence-corrected chi connectivity index (χ1v) is 7.46. The number of halogens is 2. The van der Waals surface area contributed by atoms with Gasteiger partial charge in [-0.05, 0) is 18.2 Å². The molecule has 2 heterocycles. The molecule has 0 spiro atoms. The van der Waals surface area contributed by atoms with Crippen LogP contribution in [0.5, 0.6) is 0 Å². The number of hydrogen-bond acceptors (Lipinski definition) is 5. The highest BCUT2D eigenvalue weighted by Crippen LogP contribution is 2.12. The number of nitrogens with zero attached hydrogens (tertiary/aromatic N) is 5. The number of urea groups is 1. The van der Waals surface area contributed by atoms with E-state index in [-0.39, 0.29) is 24.3 Å². The first-order valence-electron chi connectivity index (χ1n) is 7.46. The third-order valence-corrected chi connectivity index (χ3v) is 3.29. The zero-order chi connectivity index (χ0) is 18.5. The van der Waals surface area contributed by atoms with Crippen molar-refractivity contribution in [2.75, 3.05) is 11.9 Å². The Kier molecular flexibility index (Phi) is 4.97. The molecule has 3 aromatic rings. The number of nitrogens with one attached hydrogen (secondary N) is 2. The zero-order valence-corrected chi connectivity index (χ0v) is 13.3. The minimum Gasteiger partial charge on any atom is -0.336 e. The number of aromatic nitrogens is 5. The molecule has 11 heteroatoms. The van der Waals surface area contributed by atoms with Crippen LogP contribution in [0.3, 0.4) is 0 Å². The average molecular weight is 361 g/mol. The van der Waals surface area contributed by atoms with E-state index >= 15 is 0 Å². The number of carbonyl (C=O) groups is 1. The maximum absolute atomic E-state index is 13.1. The zero-order valence-electron chi connectivity index (χ0n) is 13.3. The second kappa shape index (κ2) is 7.51. The van der Waals surface area contributed by atoms with Gasteiger partial charge in [0.1, 0.15) is 12.7 Å². The van der Waals surface area contributed by atoms with E-state index in [4.69, 9.17) is 0 Å². The molecule has 0 bridgehead atoms. The summed E-state index contributed by atoms with van der Waals surface area (Å²) in [5, 5.41) is 12.9. The molecule has 0 radical (unpaired) electrons. The summed E-state index contributed by atoms with van der Waals surface area (Å²) >= 11 is 0. The van der Waals surface area contributed by atoms with Gasteiger partial charge < -0.3 is 10.6 Å². The van der Waals surface area contributed by atoms with E-state index < -0.39 is 17.7 Å². The summed E-state index contributed by atoms with van der Waals surface area (Å²) in [6, 6.07) is 5.19. The van der Waals surface area contributed by atoms with Crippen molar-refractivity contribution in [1.29, 1.82) is 0 Å². The van der Waals surface area contributed by atoms with Crippen LogP contribution in [-0.2, 0) is 6.54 Å². The van der Waals surface area contributed by atoms with E-state index in [1.807, 2.05) is 0 Å². The topological polar surface area (TPSA) is 107 Å². The van der Waals surface area contributed by atoms with E-state index in [1.54, 1.807) is 0 Å². The minimum absolute atomic E-state index is 0.0865. The Balaban J connectivity index is 1.57. The van der Waals surface area contributed by atoms with Crippen molar-refractivity contribution < 1.29 is 13.6 Å². The van der Waals surface area contributed by atoms with Crippen LogP contribution in [-0.4, -0.2) is 37.1 Å². The van der Waals surface area contributed by atoms with Gasteiger partial charge in [-0.25, -0.2) is 27.9 Å². The lowest BCUT2D eigenvalue weighted by atomic mass is 10.3. The van der Waals surface area contributed by atoms with E-state index in [0.717, 1.165) is 16.8 Å². The molecule has 0 aliphatic rings. The van der Waals surface area contributed by atoms with Gasteiger partial charge >= 0.3 is 6.03 Å². The van der Waals surface area contributed by atoms with E-state index in [2.05, 4.69) is 25.8 Å². The van der Waals surface area contributed by atoms with Gasteiger partial charge in [0.2, 0.25) is 0 Å². The number of amides is 2. The normalized spacial score (nSPS) is 10.5. The van der Waals surface area contributed by atoms with Gasteiger partial charge in [0.15, 0.2) is 17.5 Å². The molecule has 2 aromatic heterocycles. The summed E-state index contributed by atoms with van der Waals surface area (Å²) in [4.78, 5) is 27.4. The number of benzene rings is 1. The second-order valence-electron chi connectivity index (χ2n) is 5.10. The highest BCUT2D eigenvalue weighted by molar-refractivity contribution is 5.89. The fourth-order valence-corrected chi connectivity index (χ4v) is 2.07. The molecule has 26 heavy (non-hydrogen) atoms. The van der Waals surface area contributed by atoms with Crippen molar-refractivity contribution in [3.63, 3.8) is 0 Å². The lowest BCUT2D eigenvalue weighted by Crippen LogP contribution is -2.34. The summed E-state index contributed by atoms with van der Waals surface area (Å²) in [7, 11) is 0. The number of rotatable bonds is 5. The maximum Gasteiger partial charge on any atom is 0.319 e. The lowest BCUT2D eigenvalue weighted by Gasteiger charge is -2.09. The van der Waals surface area contributed by atoms with Gasteiger partial charge in [-0.15, -0.1) is 5.10 Å². The Morgan fingerprint density at radius 3 is 2.73 bits per heavy atom. The summed E-state index contributed by atoms with van der Waals surface area (Å²) in [6.45, 7) is 0.190. The maximum atomic E-state index is 13.1. The summed E-state index contributed by atoms with van der Waals surface area (Å²) in [6.07, 6.45) is 2.77. The summed E-state index contributed by atoms with van der Waals surface area (Å²) in [5.74, 6) is -1.68. The first kappa shape index (κ1) is 17.2. The molecule has 0 saturated carbocycles. The van der Waals surface area contributed by atoms with Gasteiger partial charge in [-0.2, -0.15) is 5.10 Å². The van der Waals surface area contributed by atoms with Crippen molar-refractivity contribution in [3.05, 3.63) is 65.0 Å². The largest absolute Gasteiger partial charge is 0.336 e. The summed E-state index contributed by atoms with van der Waals surface area (Å²) in [5.41, 5.74) is -0.249.